The highest BCUT2D eigenvalue weighted by atomic mass is 79.9. The van der Waals surface area contributed by atoms with Crippen molar-refractivity contribution in [2.45, 2.75) is 44.9 Å². The summed E-state index contributed by atoms with van der Waals surface area (Å²) >= 11 is 3.54. The molecule has 1 fully saturated rings. The smallest absolute Gasteiger partial charge is 0.343 e. The van der Waals surface area contributed by atoms with Crippen molar-refractivity contribution in [1.29, 1.82) is 0 Å². The first-order chi connectivity index (χ1) is 15.4. The molecule has 32 heavy (non-hydrogen) atoms. The highest BCUT2D eigenvalue weighted by Crippen LogP contribution is 2.35. The van der Waals surface area contributed by atoms with E-state index in [0.29, 0.717) is 27.9 Å². The van der Waals surface area contributed by atoms with Gasteiger partial charge in [-0.15, -0.1) is 0 Å². The minimum absolute atomic E-state index is 0.195. The van der Waals surface area contributed by atoms with Crippen LogP contribution in [-0.4, -0.2) is 56.5 Å². The fraction of sp³-hybridized carbons (Fsp3) is 0.429. The first kappa shape index (κ1) is 22.4. The van der Waals surface area contributed by atoms with Crippen LogP contribution in [0, 0.1) is 5.82 Å². The molecule has 1 aliphatic carbocycles. The van der Waals surface area contributed by atoms with Crippen LogP contribution in [0.2, 0.25) is 0 Å². The lowest BCUT2D eigenvalue weighted by molar-refractivity contribution is 0.0528. The summed E-state index contributed by atoms with van der Waals surface area (Å²) in [5.74, 6) is -0.235. The van der Waals surface area contributed by atoms with Gasteiger partial charge in [0.15, 0.2) is 5.65 Å². The molecule has 0 bridgehead atoms. The summed E-state index contributed by atoms with van der Waals surface area (Å²) in [5, 5.41) is 14.9. The van der Waals surface area contributed by atoms with Crippen molar-refractivity contribution in [1.82, 2.24) is 19.6 Å². The molecule has 0 saturated heterocycles. The summed E-state index contributed by atoms with van der Waals surface area (Å²) in [4.78, 5) is 23.0. The van der Waals surface area contributed by atoms with Crippen LogP contribution in [0.1, 0.15) is 42.1 Å². The number of aliphatic hydroxyl groups excluding tert-OH is 1. The first-order valence-electron chi connectivity index (χ1n) is 10.3. The van der Waals surface area contributed by atoms with Crippen molar-refractivity contribution in [2.24, 2.45) is 0 Å². The Bertz CT molecular complexity index is 1140. The predicted molar refractivity (Wildman–Crippen MR) is 117 cm³/mol. The summed E-state index contributed by atoms with van der Waals surface area (Å²) in [6.45, 7) is 2.15. The number of methoxy groups -OCH3 is 1. The maximum atomic E-state index is 14.0. The molecule has 0 aliphatic heterocycles. The second-order valence-electron chi connectivity index (χ2n) is 7.47. The van der Waals surface area contributed by atoms with E-state index in [1.807, 2.05) is 4.90 Å². The number of halogens is 2. The molecule has 0 unspecified atom stereocenters. The highest BCUT2D eigenvalue weighted by molar-refractivity contribution is 9.10. The Labute approximate surface area is 192 Å². The van der Waals surface area contributed by atoms with Gasteiger partial charge < -0.3 is 19.5 Å². The Kier molecular flexibility index (Phi) is 6.56. The van der Waals surface area contributed by atoms with Crippen LogP contribution >= 0.6 is 15.9 Å². The first-order valence-corrected chi connectivity index (χ1v) is 11.1. The summed E-state index contributed by atoms with van der Waals surface area (Å²) in [7, 11) is 1.47. The van der Waals surface area contributed by atoms with E-state index in [4.69, 9.17) is 14.5 Å². The lowest BCUT2D eigenvalue weighted by Gasteiger charge is -2.33. The molecule has 11 heteroatoms. The summed E-state index contributed by atoms with van der Waals surface area (Å²) in [6, 6.07) is 1.10. The van der Waals surface area contributed by atoms with Crippen molar-refractivity contribution in [3.8, 4) is 5.88 Å². The van der Waals surface area contributed by atoms with E-state index < -0.39 is 17.9 Å². The molecular weight excluding hydrogens is 485 g/mol. The van der Waals surface area contributed by atoms with Gasteiger partial charge in [0, 0.05) is 11.8 Å². The number of anilines is 1. The van der Waals surface area contributed by atoms with Crippen molar-refractivity contribution >= 4 is 33.4 Å². The van der Waals surface area contributed by atoms with Gasteiger partial charge in [-0.25, -0.2) is 23.7 Å². The molecule has 1 N–H and O–H groups in total. The van der Waals surface area contributed by atoms with E-state index in [2.05, 4.69) is 26.0 Å². The molecule has 9 nitrogen and oxygen atoms in total. The minimum atomic E-state index is -0.582. The molecule has 3 aromatic rings. The van der Waals surface area contributed by atoms with Crippen molar-refractivity contribution in [3.05, 3.63) is 46.1 Å². The van der Waals surface area contributed by atoms with Gasteiger partial charge in [-0.2, -0.15) is 5.10 Å². The van der Waals surface area contributed by atoms with Crippen LogP contribution in [0.3, 0.4) is 0 Å². The van der Waals surface area contributed by atoms with Gasteiger partial charge in [0.25, 0.3) is 0 Å². The molecule has 2 atom stereocenters. The largest absolute Gasteiger partial charge is 0.481 e. The fourth-order valence-electron chi connectivity index (χ4n) is 4.02. The van der Waals surface area contributed by atoms with E-state index >= 15 is 0 Å². The lowest BCUT2D eigenvalue weighted by atomic mass is 10.1. The molecule has 4 rings (SSSR count). The maximum absolute atomic E-state index is 14.0. The number of ether oxygens (including phenoxy) is 2. The summed E-state index contributed by atoms with van der Waals surface area (Å²) < 4.78 is 26.5. The number of aromatic nitrogens is 4. The third-order valence-corrected chi connectivity index (χ3v) is 6.03. The number of nitrogens with zero attached hydrogens (tertiary/aromatic N) is 5. The molecule has 0 spiro atoms. The van der Waals surface area contributed by atoms with Gasteiger partial charge in [0.1, 0.15) is 17.2 Å². The van der Waals surface area contributed by atoms with Gasteiger partial charge in [-0.05, 0) is 48.2 Å². The van der Waals surface area contributed by atoms with Crippen molar-refractivity contribution < 1.29 is 23.8 Å². The molecule has 3 aromatic heterocycles. The third kappa shape index (κ3) is 4.26. The Morgan fingerprint density at radius 1 is 1.41 bits per heavy atom. The van der Waals surface area contributed by atoms with Crippen LogP contribution in [-0.2, 0) is 11.3 Å². The quantitative estimate of drug-likeness (QED) is 0.486. The van der Waals surface area contributed by atoms with Crippen molar-refractivity contribution in [2.75, 3.05) is 18.6 Å². The number of esters is 1. The van der Waals surface area contributed by atoms with Gasteiger partial charge in [0.05, 0.1) is 49.3 Å². The van der Waals surface area contributed by atoms with E-state index in [1.54, 1.807) is 13.1 Å². The highest BCUT2D eigenvalue weighted by Gasteiger charge is 2.34. The van der Waals surface area contributed by atoms with Gasteiger partial charge >= 0.3 is 5.97 Å². The van der Waals surface area contributed by atoms with E-state index in [-0.39, 0.29) is 30.6 Å². The Morgan fingerprint density at radius 3 is 2.91 bits per heavy atom. The molecule has 0 radical (unpaired) electrons. The fourth-order valence-corrected chi connectivity index (χ4v) is 4.53. The topological polar surface area (TPSA) is 102 Å². The van der Waals surface area contributed by atoms with Crippen molar-refractivity contribution in [3.63, 3.8) is 0 Å². The average molecular weight is 508 g/mol. The predicted octanol–water partition coefficient (Wildman–Crippen LogP) is 3.13. The average Bonchev–Trinajstić information content (AvgIpc) is 3.37. The lowest BCUT2D eigenvalue weighted by Crippen LogP contribution is -2.41. The maximum Gasteiger partial charge on any atom is 0.343 e. The number of carbonyl (C=O) groups excluding carboxylic acids is 1. The number of pyridine rings is 1. The normalized spacial score (nSPS) is 18.2. The van der Waals surface area contributed by atoms with E-state index in [0.717, 1.165) is 19.0 Å². The third-order valence-electron chi connectivity index (χ3n) is 5.47. The number of carbonyl (C=O) groups is 1. The minimum Gasteiger partial charge on any atom is -0.481 e. The Morgan fingerprint density at radius 2 is 2.22 bits per heavy atom. The number of hydrogen-bond donors (Lipinski definition) is 1. The second kappa shape index (κ2) is 9.37. The van der Waals surface area contributed by atoms with E-state index in [1.165, 1.54) is 23.9 Å². The van der Waals surface area contributed by atoms with Gasteiger partial charge in [0.2, 0.25) is 5.88 Å². The van der Waals surface area contributed by atoms with Gasteiger partial charge in [-0.1, -0.05) is 0 Å². The molecular formula is C21H23BrFN5O4. The molecule has 0 aromatic carbocycles. The standard InChI is InChI=1S/C21H23BrFN5O4/c1-3-32-21(30)14-9-25-28-11-15(22)19(26-18(14)28)27(16-5-4-6-17(16)29)10-12-7-13(23)8-24-20(12)31-2/h7-9,11,16-17,29H,3-6,10H2,1-2H3/t16-,17+/m1/s1. The number of hydrogen-bond acceptors (Lipinski definition) is 8. The number of fused-ring (bicyclic) bond motifs is 1. The number of rotatable bonds is 7. The summed E-state index contributed by atoms with van der Waals surface area (Å²) in [6.07, 6.45) is 5.84. The van der Waals surface area contributed by atoms with Crippen LogP contribution in [0.4, 0.5) is 10.2 Å². The van der Waals surface area contributed by atoms with Crippen LogP contribution < -0.4 is 9.64 Å². The SMILES string of the molecule is CCOC(=O)c1cnn2cc(Br)c(N(Cc3cc(F)cnc3OC)[C@@H]3CCC[C@@H]3O)nc12. The molecule has 1 aliphatic rings. The molecule has 3 heterocycles. The molecule has 170 valence electrons. The second-order valence-corrected chi connectivity index (χ2v) is 8.33. The Hall–Kier alpha value is -2.79. The van der Waals surface area contributed by atoms with Crippen LogP contribution in [0.5, 0.6) is 5.88 Å². The monoisotopic (exact) mass is 507 g/mol. The zero-order chi connectivity index (χ0) is 22.8. The summed E-state index contributed by atoms with van der Waals surface area (Å²) in [5.41, 5.74) is 1.07. The zero-order valence-electron chi connectivity index (χ0n) is 17.7. The van der Waals surface area contributed by atoms with Crippen LogP contribution in [0.25, 0.3) is 5.65 Å². The number of aliphatic hydroxyl groups is 1. The molecule has 1 saturated carbocycles. The van der Waals surface area contributed by atoms with Crippen LogP contribution in [0.15, 0.2) is 29.1 Å². The molecule has 0 amide bonds. The Balaban J connectivity index is 1.82. The van der Waals surface area contributed by atoms with Gasteiger partial charge in [-0.3, -0.25) is 0 Å². The zero-order valence-corrected chi connectivity index (χ0v) is 19.2. The van der Waals surface area contributed by atoms with E-state index in [9.17, 15) is 14.3 Å².